The van der Waals surface area contributed by atoms with E-state index in [1.807, 2.05) is 18.2 Å². The van der Waals surface area contributed by atoms with Crippen LogP contribution in [0.1, 0.15) is 32.3 Å². The number of hydrogen-bond acceptors (Lipinski definition) is 3. The van der Waals surface area contributed by atoms with E-state index in [1.54, 1.807) is 19.0 Å². The van der Waals surface area contributed by atoms with E-state index < -0.39 is 0 Å². The van der Waals surface area contributed by atoms with Crippen LogP contribution in [0.3, 0.4) is 0 Å². The smallest absolute Gasteiger partial charge is 0.243 e. The Morgan fingerprint density at radius 2 is 2.00 bits per heavy atom. The molecule has 2 rings (SSSR count). The minimum absolute atomic E-state index is 0. The number of nitrogens with one attached hydrogen (secondary N) is 2. The lowest BCUT2D eigenvalue weighted by Gasteiger charge is -2.23. The maximum Gasteiger partial charge on any atom is 0.243 e. The van der Waals surface area contributed by atoms with Crippen LogP contribution in [0.5, 0.6) is 5.75 Å². The fraction of sp³-hybridized carbons (Fsp3) is 0.579. The highest BCUT2D eigenvalue weighted by Gasteiger charge is 2.29. The van der Waals surface area contributed by atoms with Gasteiger partial charge in [0.1, 0.15) is 12.3 Å². The second-order valence-electron chi connectivity index (χ2n) is 7.12. The third-order valence-electron chi connectivity index (χ3n) is 4.25. The molecule has 0 aliphatic carbocycles. The predicted molar refractivity (Wildman–Crippen MR) is 117 cm³/mol. The third-order valence-corrected chi connectivity index (χ3v) is 4.25. The van der Waals surface area contributed by atoms with Crippen LogP contribution in [0, 0.1) is 5.92 Å². The van der Waals surface area contributed by atoms with Crippen LogP contribution in [-0.2, 0) is 4.79 Å². The molecule has 0 aromatic heterocycles. The molecule has 0 fully saturated rings. The molecule has 1 amide bonds. The molecule has 0 saturated carbocycles. The van der Waals surface area contributed by atoms with Crippen LogP contribution in [0.4, 0.5) is 0 Å². The SMILES string of the molecule is CC(C)CNC(=NCC(=O)N(C)C)NC(C)C1COc2ccccc21.I. The molecule has 1 heterocycles. The van der Waals surface area contributed by atoms with Crippen molar-refractivity contribution in [3.05, 3.63) is 29.8 Å². The Balaban J connectivity index is 0.00000338. The van der Waals surface area contributed by atoms with Crippen LogP contribution < -0.4 is 15.4 Å². The first-order valence-corrected chi connectivity index (χ1v) is 8.85. The van der Waals surface area contributed by atoms with E-state index in [-0.39, 0.29) is 48.4 Å². The lowest BCUT2D eigenvalue weighted by Crippen LogP contribution is -2.46. The maximum absolute atomic E-state index is 11.8. The van der Waals surface area contributed by atoms with E-state index in [0.717, 1.165) is 12.3 Å². The van der Waals surface area contributed by atoms with Gasteiger partial charge in [-0.1, -0.05) is 32.0 Å². The highest BCUT2D eigenvalue weighted by Crippen LogP contribution is 2.35. The summed E-state index contributed by atoms with van der Waals surface area (Å²) in [5, 5.41) is 6.76. The van der Waals surface area contributed by atoms with Gasteiger partial charge < -0.3 is 20.3 Å². The Morgan fingerprint density at radius 1 is 1.31 bits per heavy atom. The fourth-order valence-electron chi connectivity index (χ4n) is 2.66. The van der Waals surface area contributed by atoms with E-state index >= 15 is 0 Å². The minimum atomic E-state index is -0.0205. The fourth-order valence-corrected chi connectivity index (χ4v) is 2.66. The number of ether oxygens (including phenoxy) is 1. The van der Waals surface area contributed by atoms with Crippen molar-refractivity contribution in [1.29, 1.82) is 0 Å². The number of likely N-dealkylation sites (N-methyl/N-ethyl adjacent to an activating group) is 1. The van der Waals surface area contributed by atoms with Gasteiger partial charge >= 0.3 is 0 Å². The molecule has 2 atom stereocenters. The van der Waals surface area contributed by atoms with Crippen molar-refractivity contribution in [3.8, 4) is 5.75 Å². The molecule has 0 spiro atoms. The molecule has 0 saturated heterocycles. The molecule has 1 aromatic carbocycles. The number of guanidine groups is 1. The highest BCUT2D eigenvalue weighted by molar-refractivity contribution is 14.0. The second kappa shape index (κ2) is 10.6. The number of fused-ring (bicyclic) bond motifs is 1. The Morgan fingerprint density at radius 3 is 2.65 bits per heavy atom. The van der Waals surface area contributed by atoms with E-state index in [1.165, 1.54) is 5.56 Å². The molecule has 146 valence electrons. The van der Waals surface area contributed by atoms with Crippen molar-refractivity contribution in [2.24, 2.45) is 10.9 Å². The number of nitrogens with zero attached hydrogens (tertiary/aromatic N) is 2. The summed E-state index contributed by atoms with van der Waals surface area (Å²) in [5.74, 6) is 2.35. The van der Waals surface area contributed by atoms with Crippen LogP contribution in [0.2, 0.25) is 0 Å². The van der Waals surface area contributed by atoms with E-state index in [9.17, 15) is 4.79 Å². The van der Waals surface area contributed by atoms with Gasteiger partial charge in [-0.15, -0.1) is 24.0 Å². The number of aliphatic imine (C=N–C) groups is 1. The van der Waals surface area contributed by atoms with Gasteiger partial charge in [0, 0.05) is 38.2 Å². The molecule has 6 nitrogen and oxygen atoms in total. The summed E-state index contributed by atoms with van der Waals surface area (Å²) in [6.45, 7) is 7.98. The molecule has 26 heavy (non-hydrogen) atoms. The zero-order chi connectivity index (χ0) is 18.4. The molecule has 2 unspecified atom stereocenters. The maximum atomic E-state index is 11.8. The lowest BCUT2D eigenvalue weighted by molar-refractivity contribution is -0.127. The molecule has 0 bridgehead atoms. The lowest BCUT2D eigenvalue weighted by atomic mass is 9.94. The average Bonchev–Trinajstić information content (AvgIpc) is 3.00. The summed E-state index contributed by atoms with van der Waals surface area (Å²) < 4.78 is 5.78. The minimum Gasteiger partial charge on any atom is -0.493 e. The summed E-state index contributed by atoms with van der Waals surface area (Å²) in [7, 11) is 3.48. The zero-order valence-corrected chi connectivity index (χ0v) is 18.6. The second-order valence-corrected chi connectivity index (χ2v) is 7.12. The van der Waals surface area contributed by atoms with Gasteiger partial charge in [-0.2, -0.15) is 0 Å². The topological polar surface area (TPSA) is 66.0 Å². The Kier molecular flexibility index (Phi) is 9.18. The van der Waals surface area contributed by atoms with E-state index in [4.69, 9.17) is 4.74 Å². The molecule has 2 N–H and O–H groups in total. The van der Waals surface area contributed by atoms with Crippen LogP contribution in [0.25, 0.3) is 0 Å². The van der Waals surface area contributed by atoms with Crippen LogP contribution in [0.15, 0.2) is 29.3 Å². The number of rotatable bonds is 6. The van der Waals surface area contributed by atoms with Crippen molar-refractivity contribution < 1.29 is 9.53 Å². The molecular weight excluding hydrogens is 443 g/mol. The van der Waals surface area contributed by atoms with Crippen molar-refractivity contribution >= 4 is 35.8 Å². The standard InChI is InChI=1S/C19H30N4O2.HI/c1-13(2)10-20-19(21-11-18(24)23(4)5)22-14(3)16-12-25-17-9-7-6-8-15(16)17;/h6-9,13-14,16H,10-12H2,1-5H3,(H2,20,21,22);1H. The summed E-state index contributed by atoms with van der Waals surface area (Å²) in [6.07, 6.45) is 0. The van der Waals surface area contributed by atoms with Gasteiger partial charge in [-0.05, 0) is 18.9 Å². The monoisotopic (exact) mass is 474 g/mol. The number of benzene rings is 1. The summed E-state index contributed by atoms with van der Waals surface area (Å²) in [6, 6.07) is 8.28. The third kappa shape index (κ3) is 6.34. The van der Waals surface area contributed by atoms with Crippen molar-refractivity contribution in [1.82, 2.24) is 15.5 Å². The molecule has 1 aliphatic rings. The molecule has 1 aliphatic heterocycles. The molecule has 0 radical (unpaired) electrons. The Hall–Kier alpha value is -1.51. The first kappa shape index (κ1) is 22.5. The number of hydrogen-bond donors (Lipinski definition) is 2. The van der Waals surface area contributed by atoms with E-state index in [2.05, 4.69) is 42.5 Å². The van der Waals surface area contributed by atoms with Crippen molar-refractivity contribution in [2.75, 3.05) is 33.8 Å². The largest absolute Gasteiger partial charge is 0.493 e. The quantitative estimate of drug-likeness (QED) is 0.378. The van der Waals surface area contributed by atoms with Crippen LogP contribution in [-0.4, -0.2) is 56.6 Å². The van der Waals surface area contributed by atoms with Gasteiger partial charge in [0.2, 0.25) is 5.91 Å². The Labute approximate surface area is 173 Å². The van der Waals surface area contributed by atoms with Gasteiger partial charge in [-0.25, -0.2) is 4.99 Å². The Bertz CT molecular complexity index is 619. The van der Waals surface area contributed by atoms with Crippen molar-refractivity contribution in [2.45, 2.75) is 32.7 Å². The molecule has 1 aromatic rings. The first-order valence-electron chi connectivity index (χ1n) is 8.85. The number of para-hydroxylation sites is 1. The number of carbonyl (C=O) groups excluding carboxylic acids is 1. The normalized spacial score (nSPS) is 17.0. The zero-order valence-electron chi connectivity index (χ0n) is 16.3. The average molecular weight is 474 g/mol. The van der Waals surface area contributed by atoms with Gasteiger partial charge in [0.25, 0.3) is 0 Å². The molecule has 7 heteroatoms. The summed E-state index contributed by atoms with van der Waals surface area (Å²) >= 11 is 0. The number of carbonyl (C=O) groups is 1. The highest BCUT2D eigenvalue weighted by atomic mass is 127. The predicted octanol–water partition coefficient (Wildman–Crippen LogP) is 2.45. The van der Waals surface area contributed by atoms with E-state index in [0.29, 0.717) is 18.5 Å². The number of amides is 1. The van der Waals surface area contributed by atoms with Crippen molar-refractivity contribution in [3.63, 3.8) is 0 Å². The van der Waals surface area contributed by atoms with Crippen LogP contribution >= 0.6 is 24.0 Å². The summed E-state index contributed by atoms with van der Waals surface area (Å²) in [4.78, 5) is 17.8. The molecular formula is C19H31IN4O2. The number of halogens is 1. The van der Waals surface area contributed by atoms with Gasteiger partial charge in [-0.3, -0.25) is 4.79 Å². The van der Waals surface area contributed by atoms with Gasteiger partial charge in [0.05, 0.1) is 6.61 Å². The first-order chi connectivity index (χ1) is 11.9. The van der Waals surface area contributed by atoms with Gasteiger partial charge in [0.15, 0.2) is 5.96 Å². The summed E-state index contributed by atoms with van der Waals surface area (Å²) in [5.41, 5.74) is 1.22.